The highest BCUT2D eigenvalue weighted by Gasteiger charge is 2.22. The molecule has 2 nitrogen and oxygen atoms in total. The van der Waals surface area contributed by atoms with E-state index >= 15 is 0 Å². The van der Waals surface area contributed by atoms with E-state index in [1.165, 1.54) is 109 Å². The molecule has 2 aliphatic carbocycles. The van der Waals surface area contributed by atoms with Gasteiger partial charge in [-0.25, -0.2) is 0 Å². The van der Waals surface area contributed by atoms with Crippen LogP contribution in [0.1, 0.15) is 123 Å². The third-order valence-corrected chi connectivity index (χ3v) is 8.45. The first kappa shape index (κ1) is 26.4. The lowest BCUT2D eigenvalue weighted by Gasteiger charge is -2.28. The van der Waals surface area contributed by atoms with E-state index in [9.17, 15) is 0 Å². The molecule has 1 aromatic rings. The minimum Gasteiger partial charge on any atom is -0.494 e. The second kappa shape index (κ2) is 15.7. The van der Waals surface area contributed by atoms with E-state index in [-0.39, 0.29) is 0 Å². The Hall–Kier alpha value is -1.18. The van der Waals surface area contributed by atoms with Gasteiger partial charge in [0, 0.05) is 0 Å². The zero-order chi connectivity index (χ0) is 23.1. The van der Waals surface area contributed by atoms with Gasteiger partial charge in [0.2, 0.25) is 0 Å². The van der Waals surface area contributed by atoms with Gasteiger partial charge in [0.1, 0.15) is 11.5 Å². The van der Waals surface area contributed by atoms with Gasteiger partial charge in [-0.15, -0.1) is 0 Å². The van der Waals surface area contributed by atoms with E-state index in [0.29, 0.717) is 0 Å². The normalized spacial score (nSPS) is 25.6. The summed E-state index contributed by atoms with van der Waals surface area (Å²) in [4.78, 5) is 0. The average molecular weight is 457 g/mol. The molecule has 2 saturated carbocycles. The van der Waals surface area contributed by atoms with Crippen molar-refractivity contribution in [1.29, 1.82) is 0 Å². The fraction of sp³-hybridized carbons (Fsp3) is 0.806. The molecule has 0 heterocycles. The zero-order valence-corrected chi connectivity index (χ0v) is 21.9. The minimum atomic E-state index is 0.741. The highest BCUT2D eigenvalue weighted by Crippen LogP contribution is 2.34. The summed E-state index contributed by atoms with van der Waals surface area (Å²) in [6, 6.07) is 8.34. The Morgan fingerprint density at radius 3 is 1.55 bits per heavy atom. The predicted octanol–water partition coefficient (Wildman–Crippen LogP) is 9.61. The van der Waals surface area contributed by atoms with Crippen molar-refractivity contribution in [3.8, 4) is 11.5 Å². The quantitative estimate of drug-likeness (QED) is 0.245. The lowest BCUT2D eigenvalue weighted by atomic mass is 9.78. The number of hydrogen-bond donors (Lipinski definition) is 0. The van der Waals surface area contributed by atoms with Gasteiger partial charge in [0.15, 0.2) is 0 Å². The van der Waals surface area contributed by atoms with Crippen molar-refractivity contribution in [2.45, 2.75) is 123 Å². The summed E-state index contributed by atoms with van der Waals surface area (Å²) in [7, 11) is 0. The Morgan fingerprint density at radius 1 is 0.545 bits per heavy atom. The van der Waals surface area contributed by atoms with E-state index in [1.807, 2.05) is 0 Å². The smallest absolute Gasteiger partial charge is 0.119 e. The molecule has 33 heavy (non-hydrogen) atoms. The van der Waals surface area contributed by atoms with Crippen LogP contribution in [0.3, 0.4) is 0 Å². The molecular weight excluding hydrogens is 404 g/mol. The summed E-state index contributed by atoms with van der Waals surface area (Å²) in [5, 5.41) is 0. The standard InChI is InChI=1S/C31H52O2/c1-3-5-7-10-27-16-18-29(19-17-27)25-33-31-22-20-30(21-23-31)32-24-8-11-28-14-12-26(13-15-28)9-6-4-2/h20-23,26-29H,3-19,24-25H2,1-2H3/t26-,27-,28-,29-. The first-order chi connectivity index (χ1) is 16.3. The van der Waals surface area contributed by atoms with E-state index in [2.05, 4.69) is 38.1 Å². The lowest BCUT2D eigenvalue weighted by Crippen LogP contribution is -2.20. The van der Waals surface area contributed by atoms with Crippen molar-refractivity contribution >= 4 is 0 Å². The van der Waals surface area contributed by atoms with E-state index < -0.39 is 0 Å². The van der Waals surface area contributed by atoms with Crippen LogP contribution in [0, 0.1) is 23.7 Å². The maximum absolute atomic E-state index is 6.12. The largest absolute Gasteiger partial charge is 0.494 e. The van der Waals surface area contributed by atoms with Crippen LogP contribution in [0.25, 0.3) is 0 Å². The topological polar surface area (TPSA) is 18.5 Å². The summed E-state index contributed by atoms with van der Waals surface area (Å²) >= 11 is 0. The lowest BCUT2D eigenvalue weighted by molar-refractivity contribution is 0.177. The second-order valence-electron chi connectivity index (χ2n) is 11.2. The molecule has 0 N–H and O–H groups in total. The summed E-state index contributed by atoms with van der Waals surface area (Å²) in [5.41, 5.74) is 0. The molecular formula is C31H52O2. The fourth-order valence-corrected chi connectivity index (χ4v) is 6.08. The average Bonchev–Trinajstić information content (AvgIpc) is 2.86. The Kier molecular flexibility index (Phi) is 12.5. The molecule has 2 aliphatic rings. The van der Waals surface area contributed by atoms with Crippen LogP contribution in [0.5, 0.6) is 11.5 Å². The predicted molar refractivity (Wildman–Crippen MR) is 141 cm³/mol. The van der Waals surface area contributed by atoms with Crippen LogP contribution in [0.4, 0.5) is 0 Å². The van der Waals surface area contributed by atoms with Crippen LogP contribution >= 0.6 is 0 Å². The van der Waals surface area contributed by atoms with Gasteiger partial charge in [-0.3, -0.25) is 0 Å². The van der Waals surface area contributed by atoms with Crippen LogP contribution in [0.15, 0.2) is 24.3 Å². The highest BCUT2D eigenvalue weighted by molar-refractivity contribution is 5.31. The number of unbranched alkanes of at least 4 members (excludes halogenated alkanes) is 3. The number of hydrogen-bond acceptors (Lipinski definition) is 2. The molecule has 0 amide bonds. The van der Waals surface area contributed by atoms with Crippen LogP contribution in [-0.4, -0.2) is 13.2 Å². The highest BCUT2D eigenvalue weighted by atomic mass is 16.5. The second-order valence-corrected chi connectivity index (χ2v) is 11.2. The van der Waals surface area contributed by atoms with Gasteiger partial charge in [-0.05, 0) is 73.6 Å². The van der Waals surface area contributed by atoms with Crippen LogP contribution in [0.2, 0.25) is 0 Å². The van der Waals surface area contributed by atoms with Crippen molar-refractivity contribution in [2.75, 3.05) is 13.2 Å². The molecule has 2 fully saturated rings. The van der Waals surface area contributed by atoms with Crippen molar-refractivity contribution in [2.24, 2.45) is 23.7 Å². The van der Waals surface area contributed by atoms with Crippen LogP contribution < -0.4 is 9.47 Å². The molecule has 0 aromatic heterocycles. The van der Waals surface area contributed by atoms with Gasteiger partial charge in [-0.2, -0.15) is 0 Å². The van der Waals surface area contributed by atoms with Gasteiger partial charge < -0.3 is 9.47 Å². The molecule has 0 spiro atoms. The number of benzene rings is 1. The summed E-state index contributed by atoms with van der Waals surface area (Å²) in [6.07, 6.45) is 23.7. The number of ether oxygens (including phenoxy) is 2. The maximum Gasteiger partial charge on any atom is 0.119 e. The van der Waals surface area contributed by atoms with Crippen molar-refractivity contribution in [3.05, 3.63) is 24.3 Å². The maximum atomic E-state index is 6.12. The van der Waals surface area contributed by atoms with Crippen LogP contribution in [-0.2, 0) is 0 Å². The minimum absolute atomic E-state index is 0.741. The van der Waals surface area contributed by atoms with Gasteiger partial charge >= 0.3 is 0 Å². The molecule has 0 radical (unpaired) electrons. The first-order valence-corrected chi connectivity index (χ1v) is 14.6. The Balaban J connectivity index is 1.22. The third-order valence-electron chi connectivity index (χ3n) is 8.45. The van der Waals surface area contributed by atoms with Crippen molar-refractivity contribution in [3.63, 3.8) is 0 Å². The fourth-order valence-electron chi connectivity index (χ4n) is 6.08. The van der Waals surface area contributed by atoms with E-state index in [0.717, 1.165) is 48.4 Å². The molecule has 2 heteroatoms. The van der Waals surface area contributed by atoms with E-state index in [1.54, 1.807) is 0 Å². The molecule has 0 saturated heterocycles. The molecule has 0 unspecified atom stereocenters. The number of rotatable bonds is 15. The summed E-state index contributed by atoms with van der Waals surface area (Å²) < 4.78 is 12.1. The van der Waals surface area contributed by atoms with E-state index in [4.69, 9.17) is 9.47 Å². The van der Waals surface area contributed by atoms with Crippen molar-refractivity contribution in [1.82, 2.24) is 0 Å². The Labute approximate surface area is 205 Å². The Morgan fingerprint density at radius 2 is 1.00 bits per heavy atom. The summed E-state index contributed by atoms with van der Waals surface area (Å²) in [5.74, 6) is 5.65. The molecule has 188 valence electrons. The third kappa shape index (κ3) is 10.3. The molecule has 0 atom stereocenters. The molecule has 3 rings (SSSR count). The molecule has 1 aromatic carbocycles. The zero-order valence-electron chi connectivity index (χ0n) is 21.9. The SMILES string of the molecule is CCCCC[C@H]1CC[C@H](COc2ccc(OCCC[C@H]3CC[C@H](CCCC)CC3)cc2)CC1. The van der Waals surface area contributed by atoms with Gasteiger partial charge in [0.05, 0.1) is 13.2 Å². The van der Waals surface area contributed by atoms with Crippen molar-refractivity contribution < 1.29 is 9.47 Å². The first-order valence-electron chi connectivity index (χ1n) is 14.6. The summed E-state index contributed by atoms with van der Waals surface area (Å²) in [6.45, 7) is 6.33. The monoisotopic (exact) mass is 456 g/mol. The van der Waals surface area contributed by atoms with Gasteiger partial charge in [-0.1, -0.05) is 97.3 Å². The Bertz CT molecular complexity index is 594. The molecule has 0 bridgehead atoms. The van der Waals surface area contributed by atoms with Gasteiger partial charge in [0.25, 0.3) is 0 Å². The molecule has 0 aliphatic heterocycles.